The van der Waals surface area contributed by atoms with Crippen LogP contribution in [0.1, 0.15) is 46.8 Å². The molecule has 6 nitrogen and oxygen atoms in total. The molecular formula is C19H22N4O2. The highest BCUT2D eigenvalue weighted by atomic mass is 16.5. The van der Waals surface area contributed by atoms with Crippen LogP contribution in [0.15, 0.2) is 30.3 Å². The van der Waals surface area contributed by atoms with Gasteiger partial charge in [-0.15, -0.1) is 0 Å². The van der Waals surface area contributed by atoms with Gasteiger partial charge in [0.1, 0.15) is 5.82 Å². The number of nitrogens with two attached hydrogens (primary N) is 1. The summed E-state index contributed by atoms with van der Waals surface area (Å²) >= 11 is 0. The van der Waals surface area contributed by atoms with Crippen LogP contribution in [-0.4, -0.2) is 35.0 Å². The van der Waals surface area contributed by atoms with Crippen LogP contribution >= 0.6 is 0 Å². The summed E-state index contributed by atoms with van der Waals surface area (Å²) in [6, 6.07) is 10.1. The maximum Gasteiger partial charge on any atom is 0.224 e. The van der Waals surface area contributed by atoms with Gasteiger partial charge in [-0.25, -0.2) is 4.98 Å². The molecule has 0 bridgehead atoms. The number of aromatic nitrogens is 2. The number of Topliss-reactive ketones (excluding diaryl/α,β-unsaturated/α-hetero) is 1. The Balaban J connectivity index is 1.56. The minimum Gasteiger partial charge on any atom is -0.383 e. The van der Waals surface area contributed by atoms with E-state index in [-0.39, 0.29) is 23.6 Å². The number of nitrogens with zero attached hydrogens (tertiary/aromatic N) is 2. The molecule has 1 saturated heterocycles. The molecule has 0 amide bonds. The molecule has 2 unspecified atom stereocenters. The third-order valence-electron chi connectivity index (χ3n) is 4.95. The second-order valence-electron chi connectivity index (χ2n) is 6.71. The highest BCUT2D eigenvalue weighted by Gasteiger charge is 2.30. The summed E-state index contributed by atoms with van der Waals surface area (Å²) in [6.07, 6.45) is 3.48. The molecule has 0 radical (unpaired) electrons. The predicted molar refractivity (Wildman–Crippen MR) is 95.7 cm³/mol. The number of hydrogen-bond acceptors (Lipinski definition) is 6. The van der Waals surface area contributed by atoms with Crippen molar-refractivity contribution in [3.05, 3.63) is 47.2 Å². The number of anilines is 2. The quantitative estimate of drug-likeness (QED) is 0.890. The van der Waals surface area contributed by atoms with E-state index in [4.69, 9.17) is 10.5 Å². The largest absolute Gasteiger partial charge is 0.383 e. The number of carbonyl (C=O) groups excluding carboxylic acids is 1. The first-order valence-electron chi connectivity index (χ1n) is 8.80. The van der Waals surface area contributed by atoms with E-state index < -0.39 is 0 Å². The highest BCUT2D eigenvalue weighted by Crippen LogP contribution is 2.34. The summed E-state index contributed by atoms with van der Waals surface area (Å²) in [5, 5.41) is 3.21. The molecule has 1 aliphatic heterocycles. The molecule has 3 N–H and O–H groups in total. The van der Waals surface area contributed by atoms with Gasteiger partial charge in [0.15, 0.2) is 5.78 Å². The summed E-state index contributed by atoms with van der Waals surface area (Å²) in [6.45, 7) is 1.47. The van der Waals surface area contributed by atoms with Gasteiger partial charge >= 0.3 is 0 Å². The Bertz CT molecular complexity index is 772. The normalized spacial score (nSPS) is 22.6. The van der Waals surface area contributed by atoms with Crippen molar-refractivity contribution in [2.45, 2.75) is 37.7 Å². The first-order chi connectivity index (χ1) is 12.2. The maximum atomic E-state index is 12.6. The molecule has 1 aliphatic carbocycles. The lowest BCUT2D eigenvalue weighted by atomic mass is 9.82. The van der Waals surface area contributed by atoms with Gasteiger partial charge in [0, 0.05) is 19.6 Å². The molecule has 1 fully saturated rings. The molecular weight excluding hydrogens is 316 g/mol. The van der Waals surface area contributed by atoms with Crippen LogP contribution in [0.4, 0.5) is 11.8 Å². The molecule has 2 aliphatic rings. The second kappa shape index (κ2) is 6.80. The molecule has 4 rings (SSSR count). The fraction of sp³-hybridized carbons (Fsp3) is 0.421. The molecule has 1 aromatic heterocycles. The first-order valence-corrected chi connectivity index (χ1v) is 8.80. The predicted octanol–water partition coefficient (Wildman–Crippen LogP) is 2.56. The van der Waals surface area contributed by atoms with Crippen LogP contribution in [-0.2, 0) is 11.2 Å². The molecule has 6 heteroatoms. The SMILES string of the molecule is Nc1nc(NCC2CCCO2)nc2c1C(=O)CC(c1ccccc1)C2. The van der Waals surface area contributed by atoms with Crippen LogP contribution < -0.4 is 11.1 Å². The first kappa shape index (κ1) is 16.0. The van der Waals surface area contributed by atoms with E-state index in [2.05, 4.69) is 27.4 Å². The number of nitrogen functional groups attached to an aromatic ring is 1. The van der Waals surface area contributed by atoms with Gasteiger partial charge in [0.05, 0.1) is 17.4 Å². The molecule has 130 valence electrons. The standard InChI is InChI=1S/C19H22N4O2/c20-18-17-15(22-19(23-18)21-11-14-7-4-8-25-14)9-13(10-16(17)24)12-5-2-1-3-6-12/h1-3,5-6,13-14H,4,7-11H2,(H3,20,21,22,23). The Morgan fingerprint density at radius 2 is 2.04 bits per heavy atom. The molecule has 0 saturated carbocycles. The Kier molecular flexibility index (Phi) is 4.36. The van der Waals surface area contributed by atoms with E-state index in [0.717, 1.165) is 30.7 Å². The lowest BCUT2D eigenvalue weighted by Crippen LogP contribution is -2.25. The minimum absolute atomic E-state index is 0.0262. The van der Waals surface area contributed by atoms with Crippen molar-refractivity contribution in [2.24, 2.45) is 0 Å². The van der Waals surface area contributed by atoms with Crippen LogP contribution in [0.2, 0.25) is 0 Å². The number of nitrogens with one attached hydrogen (secondary N) is 1. The molecule has 2 aromatic rings. The Morgan fingerprint density at radius 1 is 1.20 bits per heavy atom. The molecule has 2 atom stereocenters. The van der Waals surface area contributed by atoms with Crippen molar-refractivity contribution in [3.63, 3.8) is 0 Å². The van der Waals surface area contributed by atoms with Gasteiger partial charge in [-0.3, -0.25) is 4.79 Å². The number of benzene rings is 1. The fourth-order valence-electron chi connectivity index (χ4n) is 3.66. The van der Waals surface area contributed by atoms with E-state index in [1.807, 2.05) is 18.2 Å². The second-order valence-corrected chi connectivity index (χ2v) is 6.71. The molecule has 1 aromatic carbocycles. The fourth-order valence-corrected chi connectivity index (χ4v) is 3.66. The van der Waals surface area contributed by atoms with Crippen LogP contribution in [0.3, 0.4) is 0 Å². The van der Waals surface area contributed by atoms with Crippen molar-refractivity contribution in [3.8, 4) is 0 Å². The minimum atomic E-state index is 0.0262. The van der Waals surface area contributed by atoms with Crippen molar-refractivity contribution in [1.29, 1.82) is 0 Å². The van der Waals surface area contributed by atoms with Crippen molar-refractivity contribution in [1.82, 2.24) is 9.97 Å². The summed E-state index contributed by atoms with van der Waals surface area (Å²) in [7, 11) is 0. The van der Waals surface area contributed by atoms with Gasteiger partial charge in [-0.1, -0.05) is 30.3 Å². The van der Waals surface area contributed by atoms with Crippen LogP contribution in [0, 0.1) is 0 Å². The van der Waals surface area contributed by atoms with Crippen LogP contribution in [0.25, 0.3) is 0 Å². The lowest BCUT2D eigenvalue weighted by Gasteiger charge is -2.24. The zero-order valence-electron chi connectivity index (χ0n) is 14.1. The number of hydrogen-bond donors (Lipinski definition) is 2. The zero-order chi connectivity index (χ0) is 17.2. The van der Waals surface area contributed by atoms with Crippen LogP contribution in [0.5, 0.6) is 0 Å². The van der Waals surface area contributed by atoms with Gasteiger partial charge in [-0.2, -0.15) is 4.98 Å². The monoisotopic (exact) mass is 338 g/mol. The maximum absolute atomic E-state index is 12.6. The summed E-state index contributed by atoms with van der Waals surface area (Å²) < 4.78 is 5.61. The lowest BCUT2D eigenvalue weighted by molar-refractivity contribution is 0.0963. The van der Waals surface area contributed by atoms with Crippen molar-refractivity contribution < 1.29 is 9.53 Å². The number of fused-ring (bicyclic) bond motifs is 1. The van der Waals surface area contributed by atoms with E-state index in [1.54, 1.807) is 0 Å². The number of ether oxygens (including phenoxy) is 1. The molecule has 0 spiro atoms. The average Bonchev–Trinajstić information content (AvgIpc) is 3.13. The molecule has 2 heterocycles. The van der Waals surface area contributed by atoms with Gasteiger partial charge in [0.2, 0.25) is 5.95 Å². The van der Waals surface area contributed by atoms with Crippen molar-refractivity contribution >= 4 is 17.5 Å². The Hall–Kier alpha value is -2.47. The number of carbonyl (C=O) groups is 1. The van der Waals surface area contributed by atoms with Gasteiger partial charge in [0.25, 0.3) is 0 Å². The third-order valence-corrected chi connectivity index (χ3v) is 4.95. The van der Waals surface area contributed by atoms with E-state index >= 15 is 0 Å². The topological polar surface area (TPSA) is 90.1 Å². The average molecular weight is 338 g/mol. The highest BCUT2D eigenvalue weighted by molar-refractivity contribution is 6.02. The molecule has 25 heavy (non-hydrogen) atoms. The summed E-state index contributed by atoms with van der Waals surface area (Å²) in [5.74, 6) is 0.921. The van der Waals surface area contributed by atoms with E-state index in [0.29, 0.717) is 30.9 Å². The summed E-state index contributed by atoms with van der Waals surface area (Å²) in [4.78, 5) is 21.4. The number of rotatable bonds is 4. The summed E-state index contributed by atoms with van der Waals surface area (Å²) in [5.41, 5.74) is 8.46. The van der Waals surface area contributed by atoms with Gasteiger partial charge < -0.3 is 15.8 Å². The van der Waals surface area contributed by atoms with Gasteiger partial charge in [-0.05, 0) is 30.7 Å². The zero-order valence-corrected chi connectivity index (χ0v) is 14.1. The number of ketones is 1. The third kappa shape index (κ3) is 3.35. The van der Waals surface area contributed by atoms with E-state index in [1.165, 1.54) is 0 Å². The Labute approximate surface area is 146 Å². The van der Waals surface area contributed by atoms with Crippen molar-refractivity contribution in [2.75, 3.05) is 24.2 Å². The van der Waals surface area contributed by atoms with E-state index in [9.17, 15) is 4.79 Å². The Morgan fingerprint density at radius 3 is 2.80 bits per heavy atom. The smallest absolute Gasteiger partial charge is 0.224 e.